The number of allylic oxidation sites excluding steroid dienone is 1. The SMILES string of the molecule is CCOC(=O)C1=C(C)OC(=O)C1(NS(=O)(=O)c1ccccc1)C(F)(F)F. The fourth-order valence-corrected chi connectivity index (χ4v) is 3.74. The van der Waals surface area contributed by atoms with E-state index in [1.807, 2.05) is 0 Å². The van der Waals surface area contributed by atoms with Crippen LogP contribution in [0.15, 0.2) is 46.6 Å². The van der Waals surface area contributed by atoms with Gasteiger partial charge in [0.25, 0.3) is 5.54 Å². The third-order valence-corrected chi connectivity index (χ3v) is 4.99. The van der Waals surface area contributed by atoms with Gasteiger partial charge in [0.15, 0.2) is 0 Å². The van der Waals surface area contributed by atoms with Crippen molar-refractivity contribution in [3.05, 3.63) is 41.7 Å². The van der Waals surface area contributed by atoms with Gasteiger partial charge in [0.2, 0.25) is 10.0 Å². The van der Waals surface area contributed by atoms with Crippen LogP contribution in [0.5, 0.6) is 0 Å². The van der Waals surface area contributed by atoms with Crippen LogP contribution in [-0.2, 0) is 29.1 Å². The molecule has 142 valence electrons. The van der Waals surface area contributed by atoms with E-state index >= 15 is 0 Å². The molecule has 1 aliphatic rings. The first-order valence-electron chi connectivity index (χ1n) is 7.24. The maximum absolute atomic E-state index is 13.9. The van der Waals surface area contributed by atoms with Gasteiger partial charge in [-0.15, -0.1) is 0 Å². The Labute approximate surface area is 146 Å². The van der Waals surface area contributed by atoms with Crippen LogP contribution in [0.2, 0.25) is 0 Å². The number of hydrogen-bond acceptors (Lipinski definition) is 6. The predicted molar refractivity (Wildman–Crippen MR) is 81.0 cm³/mol. The number of cyclic esters (lactones) is 1. The lowest BCUT2D eigenvalue weighted by Crippen LogP contribution is -2.64. The minimum absolute atomic E-state index is 0.289. The number of carbonyl (C=O) groups excluding carboxylic acids is 2. The third-order valence-electron chi connectivity index (χ3n) is 3.52. The predicted octanol–water partition coefficient (Wildman–Crippen LogP) is 1.66. The standard InChI is InChI=1S/C15H14F3NO6S/c1-3-24-12(20)11-9(2)25-13(21)14(11,15(16,17)18)19-26(22,23)10-7-5-4-6-8-10/h4-8,19H,3H2,1-2H3. The molecule has 26 heavy (non-hydrogen) atoms. The van der Waals surface area contributed by atoms with E-state index in [0.717, 1.165) is 19.1 Å². The second-order valence-corrected chi connectivity index (χ2v) is 6.89. The number of sulfonamides is 1. The summed E-state index contributed by atoms with van der Waals surface area (Å²) < 4.78 is 76.8. The van der Waals surface area contributed by atoms with E-state index in [9.17, 15) is 31.2 Å². The monoisotopic (exact) mass is 393 g/mol. The van der Waals surface area contributed by atoms with Crippen LogP contribution in [0.1, 0.15) is 13.8 Å². The van der Waals surface area contributed by atoms with Crippen molar-refractivity contribution in [3.63, 3.8) is 0 Å². The van der Waals surface area contributed by atoms with Crippen molar-refractivity contribution in [2.45, 2.75) is 30.5 Å². The van der Waals surface area contributed by atoms with Gasteiger partial charge in [-0.3, -0.25) is 0 Å². The zero-order valence-electron chi connectivity index (χ0n) is 13.6. The summed E-state index contributed by atoms with van der Waals surface area (Å²) in [6.45, 7) is 1.99. The quantitative estimate of drug-likeness (QED) is 0.764. The molecule has 1 aromatic rings. The molecule has 7 nitrogen and oxygen atoms in total. The van der Waals surface area contributed by atoms with Gasteiger partial charge in [0.1, 0.15) is 11.3 Å². The van der Waals surface area contributed by atoms with E-state index < -0.39 is 49.9 Å². The number of benzene rings is 1. The molecule has 0 fully saturated rings. The van der Waals surface area contributed by atoms with Crippen LogP contribution < -0.4 is 4.72 Å². The summed E-state index contributed by atoms with van der Waals surface area (Å²) in [6, 6.07) is 6.10. The van der Waals surface area contributed by atoms with Gasteiger partial charge in [-0.2, -0.15) is 17.9 Å². The largest absolute Gasteiger partial charge is 0.462 e. The first kappa shape index (κ1) is 19.9. The second-order valence-electron chi connectivity index (χ2n) is 5.21. The molecule has 0 saturated carbocycles. The summed E-state index contributed by atoms with van der Waals surface area (Å²) in [5.41, 5.74) is -5.16. The number of halogens is 3. The Hall–Kier alpha value is -2.40. The van der Waals surface area contributed by atoms with Crippen molar-refractivity contribution < 1.29 is 40.7 Å². The number of carbonyl (C=O) groups is 2. The Morgan fingerprint density at radius 3 is 2.35 bits per heavy atom. The highest BCUT2D eigenvalue weighted by atomic mass is 32.2. The van der Waals surface area contributed by atoms with Crippen molar-refractivity contribution in [3.8, 4) is 0 Å². The molecular formula is C15H14F3NO6S. The fourth-order valence-electron chi connectivity index (χ4n) is 2.40. The Morgan fingerprint density at radius 2 is 1.85 bits per heavy atom. The lowest BCUT2D eigenvalue weighted by Gasteiger charge is -2.30. The summed E-state index contributed by atoms with van der Waals surface area (Å²) >= 11 is 0. The third kappa shape index (κ3) is 3.19. The van der Waals surface area contributed by atoms with Crippen LogP contribution in [0.3, 0.4) is 0 Å². The maximum Gasteiger partial charge on any atom is 0.423 e. The van der Waals surface area contributed by atoms with E-state index in [1.165, 1.54) is 29.8 Å². The molecule has 1 unspecified atom stereocenters. The van der Waals surface area contributed by atoms with Gasteiger partial charge in [0, 0.05) is 0 Å². The van der Waals surface area contributed by atoms with Crippen molar-refractivity contribution in [2.24, 2.45) is 0 Å². The Bertz CT molecular complexity index is 863. The topological polar surface area (TPSA) is 98.8 Å². The van der Waals surface area contributed by atoms with Crippen LogP contribution in [0.4, 0.5) is 13.2 Å². The zero-order chi connectivity index (χ0) is 19.8. The summed E-state index contributed by atoms with van der Waals surface area (Å²) in [5.74, 6) is -4.18. The van der Waals surface area contributed by atoms with Crippen molar-refractivity contribution in [2.75, 3.05) is 6.61 Å². The number of nitrogens with one attached hydrogen (secondary N) is 1. The van der Waals surface area contributed by atoms with E-state index in [1.54, 1.807) is 0 Å². The Kier molecular flexibility index (Phi) is 5.15. The first-order valence-corrected chi connectivity index (χ1v) is 8.72. The van der Waals surface area contributed by atoms with Gasteiger partial charge in [-0.05, 0) is 26.0 Å². The molecule has 11 heteroatoms. The zero-order valence-corrected chi connectivity index (χ0v) is 14.4. The van der Waals surface area contributed by atoms with Gasteiger partial charge in [-0.1, -0.05) is 18.2 Å². The molecule has 0 radical (unpaired) electrons. The first-order chi connectivity index (χ1) is 12.0. The molecular weight excluding hydrogens is 379 g/mol. The number of alkyl halides is 3. The Balaban J connectivity index is 2.66. The molecule has 0 spiro atoms. The van der Waals surface area contributed by atoms with E-state index in [0.29, 0.717) is 0 Å². The summed E-state index contributed by atoms with van der Waals surface area (Å²) in [5, 5.41) is 0. The molecule has 2 rings (SSSR count). The average molecular weight is 393 g/mol. The maximum atomic E-state index is 13.9. The normalized spacial score (nSPS) is 20.9. The lowest BCUT2D eigenvalue weighted by molar-refractivity contribution is -0.195. The molecule has 0 aromatic heterocycles. The molecule has 1 aromatic carbocycles. The van der Waals surface area contributed by atoms with Crippen LogP contribution in [0.25, 0.3) is 0 Å². The highest BCUT2D eigenvalue weighted by Crippen LogP contribution is 2.44. The highest BCUT2D eigenvalue weighted by molar-refractivity contribution is 7.89. The van der Waals surface area contributed by atoms with Crippen LogP contribution >= 0.6 is 0 Å². The van der Waals surface area contributed by atoms with Crippen molar-refractivity contribution in [1.82, 2.24) is 4.72 Å². The summed E-state index contributed by atoms with van der Waals surface area (Å²) in [4.78, 5) is 23.6. The van der Waals surface area contributed by atoms with E-state index in [-0.39, 0.29) is 6.61 Å². The number of hydrogen-bond donors (Lipinski definition) is 1. The Morgan fingerprint density at radius 1 is 1.27 bits per heavy atom. The molecule has 1 atom stereocenters. The van der Waals surface area contributed by atoms with Crippen LogP contribution in [0, 0.1) is 0 Å². The lowest BCUT2D eigenvalue weighted by atomic mass is 9.91. The number of rotatable bonds is 5. The van der Waals surface area contributed by atoms with Crippen molar-refractivity contribution in [1.29, 1.82) is 0 Å². The number of ether oxygens (including phenoxy) is 2. The fraction of sp³-hybridized carbons (Fsp3) is 0.333. The minimum atomic E-state index is -5.51. The highest BCUT2D eigenvalue weighted by Gasteiger charge is 2.71. The number of esters is 2. The summed E-state index contributed by atoms with van der Waals surface area (Å²) in [7, 11) is -4.84. The molecule has 0 bridgehead atoms. The smallest absolute Gasteiger partial charge is 0.423 e. The second kappa shape index (κ2) is 6.72. The molecule has 1 heterocycles. The average Bonchev–Trinajstić information content (AvgIpc) is 2.79. The minimum Gasteiger partial charge on any atom is -0.462 e. The van der Waals surface area contributed by atoms with Crippen molar-refractivity contribution >= 4 is 22.0 Å². The molecule has 1 aliphatic heterocycles. The van der Waals surface area contributed by atoms with E-state index in [4.69, 9.17) is 0 Å². The van der Waals surface area contributed by atoms with Gasteiger partial charge in [0.05, 0.1) is 11.5 Å². The van der Waals surface area contributed by atoms with Gasteiger partial charge < -0.3 is 9.47 Å². The summed E-state index contributed by atoms with van der Waals surface area (Å²) in [6.07, 6.45) is -5.51. The molecule has 0 amide bonds. The molecule has 0 aliphatic carbocycles. The van der Waals surface area contributed by atoms with Gasteiger partial charge in [-0.25, -0.2) is 18.0 Å². The van der Waals surface area contributed by atoms with Gasteiger partial charge >= 0.3 is 18.1 Å². The molecule has 1 N–H and O–H groups in total. The molecule has 0 saturated heterocycles. The van der Waals surface area contributed by atoms with E-state index in [2.05, 4.69) is 9.47 Å². The van der Waals surface area contributed by atoms with Crippen LogP contribution in [-0.4, -0.2) is 38.7 Å².